The van der Waals surface area contributed by atoms with Crippen LogP contribution in [0, 0.1) is 0 Å². The number of nitrogens with one attached hydrogen (secondary N) is 3. The number of aromatic carboxylic acids is 1. The first-order valence-electron chi connectivity index (χ1n) is 6.16. The Labute approximate surface area is 121 Å². The van der Waals surface area contributed by atoms with Crippen molar-refractivity contribution in [3.63, 3.8) is 0 Å². The van der Waals surface area contributed by atoms with E-state index in [1.165, 1.54) is 31.4 Å². The Kier molecular flexibility index (Phi) is 6.69. The lowest BCUT2D eigenvalue weighted by Crippen LogP contribution is -2.39. The minimum atomic E-state index is -1.04. The second kappa shape index (κ2) is 8.54. The SMILES string of the molecule is COCCNC(=O)CNC(=O)Nc1ccc(C(=O)O)cc1. The molecule has 0 aliphatic heterocycles. The van der Waals surface area contributed by atoms with Crippen LogP contribution in [0.4, 0.5) is 10.5 Å². The highest BCUT2D eigenvalue weighted by atomic mass is 16.5. The van der Waals surface area contributed by atoms with Crippen molar-refractivity contribution in [2.75, 3.05) is 32.1 Å². The lowest BCUT2D eigenvalue weighted by molar-refractivity contribution is -0.120. The Balaban J connectivity index is 2.33. The van der Waals surface area contributed by atoms with Gasteiger partial charge in [-0.25, -0.2) is 9.59 Å². The van der Waals surface area contributed by atoms with E-state index in [9.17, 15) is 14.4 Å². The molecule has 0 aromatic heterocycles. The van der Waals surface area contributed by atoms with E-state index in [4.69, 9.17) is 9.84 Å². The molecule has 3 amide bonds. The number of ether oxygens (including phenoxy) is 1. The molecule has 0 heterocycles. The largest absolute Gasteiger partial charge is 0.478 e. The van der Waals surface area contributed by atoms with Crippen molar-refractivity contribution in [2.24, 2.45) is 0 Å². The van der Waals surface area contributed by atoms with E-state index in [0.717, 1.165) is 0 Å². The third-order valence-corrected chi connectivity index (χ3v) is 2.43. The van der Waals surface area contributed by atoms with Crippen LogP contribution in [-0.2, 0) is 9.53 Å². The minimum absolute atomic E-state index is 0.124. The molecular formula is C13H17N3O5. The smallest absolute Gasteiger partial charge is 0.335 e. The van der Waals surface area contributed by atoms with Crippen LogP contribution in [0.2, 0.25) is 0 Å². The molecule has 21 heavy (non-hydrogen) atoms. The number of carbonyl (C=O) groups excluding carboxylic acids is 2. The Morgan fingerprint density at radius 2 is 1.81 bits per heavy atom. The average Bonchev–Trinajstić information content (AvgIpc) is 2.46. The fourth-order valence-electron chi connectivity index (χ4n) is 1.39. The molecule has 0 saturated heterocycles. The number of hydrogen-bond acceptors (Lipinski definition) is 4. The second-order valence-corrected chi connectivity index (χ2v) is 4.03. The number of hydrogen-bond donors (Lipinski definition) is 4. The maximum atomic E-state index is 11.5. The molecule has 1 aromatic carbocycles. The summed E-state index contributed by atoms with van der Waals surface area (Å²) in [4.78, 5) is 33.5. The summed E-state index contributed by atoms with van der Waals surface area (Å²) in [6.07, 6.45) is 0. The number of carbonyl (C=O) groups is 3. The highest BCUT2D eigenvalue weighted by molar-refractivity contribution is 5.93. The quantitative estimate of drug-likeness (QED) is 0.539. The monoisotopic (exact) mass is 295 g/mol. The fourth-order valence-corrected chi connectivity index (χ4v) is 1.39. The first-order valence-corrected chi connectivity index (χ1v) is 6.16. The molecule has 0 aliphatic carbocycles. The summed E-state index contributed by atoms with van der Waals surface area (Å²) < 4.78 is 4.77. The summed E-state index contributed by atoms with van der Waals surface area (Å²) >= 11 is 0. The lowest BCUT2D eigenvalue weighted by atomic mass is 10.2. The van der Waals surface area contributed by atoms with E-state index in [-0.39, 0.29) is 18.0 Å². The molecule has 1 aromatic rings. The van der Waals surface area contributed by atoms with E-state index in [1.807, 2.05) is 0 Å². The van der Waals surface area contributed by atoms with Crippen molar-refractivity contribution >= 4 is 23.6 Å². The number of methoxy groups -OCH3 is 1. The zero-order valence-corrected chi connectivity index (χ0v) is 11.5. The Morgan fingerprint density at radius 1 is 1.14 bits per heavy atom. The number of carboxylic acid groups (broad SMARTS) is 1. The van der Waals surface area contributed by atoms with Crippen molar-refractivity contribution in [2.45, 2.75) is 0 Å². The molecule has 4 N–H and O–H groups in total. The standard InChI is InChI=1S/C13H17N3O5/c1-21-7-6-14-11(17)8-15-13(20)16-10-4-2-9(3-5-10)12(18)19/h2-5H,6-8H2,1H3,(H,14,17)(H,18,19)(H2,15,16,20). The van der Waals surface area contributed by atoms with Crippen LogP contribution in [0.25, 0.3) is 0 Å². The molecule has 0 radical (unpaired) electrons. The molecule has 0 fully saturated rings. The molecule has 8 nitrogen and oxygen atoms in total. The van der Waals surface area contributed by atoms with E-state index < -0.39 is 12.0 Å². The van der Waals surface area contributed by atoms with Gasteiger partial charge in [-0.2, -0.15) is 0 Å². The van der Waals surface area contributed by atoms with Gasteiger partial charge in [-0.05, 0) is 24.3 Å². The van der Waals surface area contributed by atoms with Crippen LogP contribution in [0.3, 0.4) is 0 Å². The lowest BCUT2D eigenvalue weighted by Gasteiger charge is -2.08. The van der Waals surface area contributed by atoms with Gasteiger partial charge in [0.2, 0.25) is 5.91 Å². The average molecular weight is 295 g/mol. The molecular weight excluding hydrogens is 278 g/mol. The number of carboxylic acids is 1. The maximum absolute atomic E-state index is 11.5. The van der Waals surface area contributed by atoms with Crippen LogP contribution >= 0.6 is 0 Å². The molecule has 0 aliphatic rings. The maximum Gasteiger partial charge on any atom is 0.335 e. The van der Waals surface area contributed by atoms with E-state index in [2.05, 4.69) is 16.0 Å². The number of rotatable bonds is 7. The third-order valence-electron chi connectivity index (χ3n) is 2.43. The fraction of sp³-hybridized carbons (Fsp3) is 0.308. The van der Waals surface area contributed by atoms with E-state index >= 15 is 0 Å². The topological polar surface area (TPSA) is 117 Å². The molecule has 0 bridgehead atoms. The van der Waals surface area contributed by atoms with Gasteiger partial charge >= 0.3 is 12.0 Å². The second-order valence-electron chi connectivity index (χ2n) is 4.03. The number of amides is 3. The van der Waals surface area contributed by atoms with Crippen molar-refractivity contribution in [1.29, 1.82) is 0 Å². The summed E-state index contributed by atoms with van der Waals surface area (Å²) in [7, 11) is 1.52. The Hall–Kier alpha value is -2.61. The predicted octanol–water partition coefficient (Wildman–Crippen LogP) is 0.269. The van der Waals surface area contributed by atoms with Gasteiger partial charge in [-0.3, -0.25) is 4.79 Å². The molecule has 0 spiro atoms. The van der Waals surface area contributed by atoms with Gasteiger partial charge in [0.05, 0.1) is 18.7 Å². The van der Waals surface area contributed by atoms with Gasteiger partial charge in [0.1, 0.15) is 0 Å². The Bertz CT molecular complexity index is 501. The van der Waals surface area contributed by atoms with Crippen molar-refractivity contribution < 1.29 is 24.2 Å². The summed E-state index contributed by atoms with van der Waals surface area (Å²) in [5.74, 6) is -1.37. The van der Waals surface area contributed by atoms with Gasteiger partial charge in [0.25, 0.3) is 0 Å². The molecule has 114 valence electrons. The Morgan fingerprint density at radius 3 is 2.38 bits per heavy atom. The van der Waals surface area contributed by atoms with Gasteiger partial charge in [-0.1, -0.05) is 0 Å². The van der Waals surface area contributed by atoms with Crippen LogP contribution in [0.15, 0.2) is 24.3 Å². The van der Waals surface area contributed by atoms with Crippen LogP contribution < -0.4 is 16.0 Å². The van der Waals surface area contributed by atoms with Crippen molar-refractivity contribution in [1.82, 2.24) is 10.6 Å². The minimum Gasteiger partial charge on any atom is -0.478 e. The van der Waals surface area contributed by atoms with Crippen molar-refractivity contribution in [3.05, 3.63) is 29.8 Å². The van der Waals surface area contributed by atoms with Crippen molar-refractivity contribution in [3.8, 4) is 0 Å². The highest BCUT2D eigenvalue weighted by Gasteiger charge is 2.06. The summed E-state index contributed by atoms with van der Waals surface area (Å²) in [5, 5.41) is 16.1. The van der Waals surface area contributed by atoms with E-state index in [0.29, 0.717) is 18.8 Å². The van der Waals surface area contributed by atoms with Crippen LogP contribution in [0.5, 0.6) is 0 Å². The predicted molar refractivity (Wildman–Crippen MR) is 75.3 cm³/mol. The number of anilines is 1. The molecule has 0 saturated carbocycles. The molecule has 0 unspecified atom stereocenters. The first-order chi connectivity index (χ1) is 10.0. The third kappa shape index (κ3) is 6.39. The van der Waals surface area contributed by atoms with Crippen LogP contribution in [0.1, 0.15) is 10.4 Å². The van der Waals surface area contributed by atoms with Gasteiger partial charge in [-0.15, -0.1) is 0 Å². The highest BCUT2D eigenvalue weighted by Crippen LogP contribution is 2.09. The van der Waals surface area contributed by atoms with Gasteiger partial charge in [0, 0.05) is 19.3 Å². The van der Waals surface area contributed by atoms with Gasteiger partial charge < -0.3 is 25.8 Å². The normalized spacial score (nSPS) is 9.76. The van der Waals surface area contributed by atoms with Crippen LogP contribution in [-0.4, -0.2) is 49.8 Å². The molecule has 8 heteroatoms. The summed E-state index contributed by atoms with van der Waals surface area (Å²) in [6.45, 7) is 0.603. The number of urea groups is 1. The zero-order chi connectivity index (χ0) is 15.7. The van der Waals surface area contributed by atoms with E-state index in [1.54, 1.807) is 0 Å². The molecule has 1 rings (SSSR count). The number of benzene rings is 1. The molecule has 0 atom stereocenters. The summed E-state index contributed by atoms with van der Waals surface area (Å²) in [5.41, 5.74) is 0.552. The zero-order valence-electron chi connectivity index (χ0n) is 11.5. The first kappa shape index (κ1) is 16.4. The summed E-state index contributed by atoms with van der Waals surface area (Å²) in [6, 6.07) is 5.11. The van der Waals surface area contributed by atoms with Gasteiger partial charge in [0.15, 0.2) is 0 Å².